The molecule has 0 aliphatic carbocycles. The van der Waals surface area contributed by atoms with E-state index < -0.39 is 0 Å². The van der Waals surface area contributed by atoms with Crippen molar-refractivity contribution < 1.29 is 9.59 Å². The summed E-state index contributed by atoms with van der Waals surface area (Å²) < 4.78 is 0. The minimum absolute atomic E-state index is 0.0196. The molecule has 0 saturated carbocycles. The molecule has 1 atom stereocenters. The first-order valence-electron chi connectivity index (χ1n) is 10.1. The summed E-state index contributed by atoms with van der Waals surface area (Å²) in [7, 11) is 0. The Morgan fingerprint density at radius 1 is 1.14 bits per heavy atom. The van der Waals surface area contributed by atoms with E-state index in [9.17, 15) is 9.59 Å². The van der Waals surface area contributed by atoms with Crippen molar-refractivity contribution in [3.05, 3.63) is 64.7 Å². The van der Waals surface area contributed by atoms with Gasteiger partial charge in [0.15, 0.2) is 0 Å². The molecule has 5 nitrogen and oxygen atoms in total. The van der Waals surface area contributed by atoms with E-state index in [-0.39, 0.29) is 11.9 Å². The van der Waals surface area contributed by atoms with E-state index >= 15 is 0 Å². The average molecular weight is 414 g/mol. The number of nitrogens with one attached hydrogen (secondary N) is 2. The lowest BCUT2D eigenvalue weighted by molar-refractivity contribution is -0.121. The summed E-state index contributed by atoms with van der Waals surface area (Å²) in [6, 6.07) is 15.2. The number of rotatable bonds is 6. The lowest BCUT2D eigenvalue weighted by Gasteiger charge is -2.32. The largest absolute Gasteiger partial charge is 0.352 e. The van der Waals surface area contributed by atoms with E-state index in [1.54, 1.807) is 0 Å². The number of aryl methyl sites for hydroxylation is 1. The third kappa shape index (κ3) is 6.50. The van der Waals surface area contributed by atoms with Gasteiger partial charge in [0, 0.05) is 36.8 Å². The van der Waals surface area contributed by atoms with Crippen molar-refractivity contribution in [1.29, 1.82) is 0 Å². The molecule has 1 fully saturated rings. The van der Waals surface area contributed by atoms with Crippen molar-refractivity contribution in [2.45, 2.75) is 39.2 Å². The summed E-state index contributed by atoms with van der Waals surface area (Å²) in [5.74, 6) is 0.365. The van der Waals surface area contributed by atoms with Gasteiger partial charge in [-0.1, -0.05) is 47.5 Å². The number of carbonyl (C=O) groups excluding carboxylic acids is 2. The third-order valence-corrected chi connectivity index (χ3v) is 5.69. The smallest absolute Gasteiger partial charge is 0.321 e. The highest BCUT2D eigenvalue weighted by molar-refractivity contribution is 6.31. The van der Waals surface area contributed by atoms with E-state index in [4.69, 9.17) is 11.6 Å². The Morgan fingerprint density at radius 2 is 1.90 bits per heavy atom. The van der Waals surface area contributed by atoms with Crippen LogP contribution in [0.3, 0.4) is 0 Å². The first-order chi connectivity index (χ1) is 14.0. The van der Waals surface area contributed by atoms with Crippen LogP contribution in [0.15, 0.2) is 48.5 Å². The predicted octanol–water partition coefficient (Wildman–Crippen LogP) is 4.99. The molecule has 6 heteroatoms. The van der Waals surface area contributed by atoms with Gasteiger partial charge in [0.1, 0.15) is 0 Å². The maximum Gasteiger partial charge on any atom is 0.321 e. The molecule has 1 saturated heterocycles. The molecule has 2 aromatic carbocycles. The molecule has 0 spiro atoms. The second kappa shape index (κ2) is 10.3. The van der Waals surface area contributed by atoms with Crippen molar-refractivity contribution in [3.63, 3.8) is 0 Å². The highest BCUT2D eigenvalue weighted by atomic mass is 35.5. The zero-order valence-electron chi connectivity index (χ0n) is 16.8. The first kappa shape index (κ1) is 21.2. The molecule has 2 aromatic rings. The maximum absolute atomic E-state index is 12.6. The zero-order chi connectivity index (χ0) is 20.6. The molecule has 1 aliphatic rings. The Morgan fingerprint density at radius 3 is 2.66 bits per heavy atom. The second-order valence-electron chi connectivity index (χ2n) is 7.66. The lowest BCUT2D eigenvalue weighted by Crippen LogP contribution is -2.42. The minimum Gasteiger partial charge on any atom is -0.352 e. The van der Waals surface area contributed by atoms with Gasteiger partial charge in [0.2, 0.25) is 5.91 Å². The molecule has 0 bridgehead atoms. The van der Waals surface area contributed by atoms with Crippen LogP contribution < -0.4 is 10.6 Å². The van der Waals surface area contributed by atoms with Crippen molar-refractivity contribution >= 4 is 29.2 Å². The Bertz CT molecular complexity index is 838. The monoisotopic (exact) mass is 413 g/mol. The number of likely N-dealkylation sites (tertiary alicyclic amines) is 1. The minimum atomic E-state index is -0.0678. The number of carbonyl (C=O) groups is 2. The van der Waals surface area contributed by atoms with Crippen molar-refractivity contribution in [3.8, 4) is 0 Å². The molecule has 3 rings (SSSR count). The van der Waals surface area contributed by atoms with Gasteiger partial charge >= 0.3 is 6.03 Å². The highest BCUT2D eigenvalue weighted by Gasteiger charge is 2.24. The molecule has 1 heterocycles. The number of halogens is 1. The van der Waals surface area contributed by atoms with Crippen molar-refractivity contribution in [2.24, 2.45) is 5.92 Å². The quantitative estimate of drug-likeness (QED) is 0.700. The number of urea groups is 1. The van der Waals surface area contributed by atoms with E-state index in [0.29, 0.717) is 30.5 Å². The van der Waals surface area contributed by atoms with E-state index in [0.717, 1.165) is 42.6 Å². The zero-order valence-corrected chi connectivity index (χ0v) is 17.5. The van der Waals surface area contributed by atoms with Crippen molar-refractivity contribution in [1.82, 2.24) is 10.2 Å². The number of hydrogen-bond donors (Lipinski definition) is 2. The summed E-state index contributed by atoms with van der Waals surface area (Å²) in [5, 5.41) is 6.56. The van der Waals surface area contributed by atoms with Crippen LogP contribution in [-0.2, 0) is 11.3 Å². The standard InChI is InChI=1S/C23H28ClN3O2/c1-17-8-11-20(12-9-17)26-23(29)27-14-4-5-18(16-27)10-13-22(28)25-15-19-6-2-3-7-21(19)24/h2-3,6-9,11-12,18H,4-5,10,13-16H2,1H3,(H,25,28)(H,26,29)/t18-/m1/s1. The number of anilines is 1. The number of amides is 3. The first-order valence-corrected chi connectivity index (χ1v) is 10.5. The summed E-state index contributed by atoms with van der Waals surface area (Å²) >= 11 is 6.12. The second-order valence-corrected chi connectivity index (χ2v) is 8.06. The van der Waals surface area contributed by atoms with Gasteiger partial charge in [-0.25, -0.2) is 4.79 Å². The van der Waals surface area contributed by atoms with E-state index in [1.165, 1.54) is 0 Å². The fourth-order valence-electron chi connectivity index (χ4n) is 3.58. The van der Waals surface area contributed by atoms with Crippen molar-refractivity contribution in [2.75, 3.05) is 18.4 Å². The Kier molecular flexibility index (Phi) is 7.53. The summed E-state index contributed by atoms with van der Waals surface area (Å²) in [6.07, 6.45) is 3.25. The van der Waals surface area contributed by atoms with Gasteiger partial charge in [0.25, 0.3) is 0 Å². The van der Waals surface area contributed by atoms with Gasteiger partial charge in [-0.15, -0.1) is 0 Å². The van der Waals surface area contributed by atoms with Gasteiger partial charge in [-0.2, -0.15) is 0 Å². The van der Waals surface area contributed by atoms with Crippen LogP contribution in [0.5, 0.6) is 0 Å². The molecule has 0 unspecified atom stereocenters. The number of benzene rings is 2. The topological polar surface area (TPSA) is 61.4 Å². The van der Waals surface area contributed by atoms with Crippen LogP contribution >= 0.6 is 11.6 Å². The average Bonchev–Trinajstić information content (AvgIpc) is 2.73. The van der Waals surface area contributed by atoms with Gasteiger partial charge < -0.3 is 15.5 Å². The molecular weight excluding hydrogens is 386 g/mol. The molecule has 0 aromatic heterocycles. The Labute approximate surface area is 177 Å². The normalized spacial score (nSPS) is 16.3. The lowest BCUT2D eigenvalue weighted by atomic mass is 9.93. The van der Waals surface area contributed by atoms with Crippen LogP contribution in [0.25, 0.3) is 0 Å². The molecule has 0 radical (unpaired) electrons. The van der Waals surface area contributed by atoms with Crippen LogP contribution in [0.1, 0.15) is 36.8 Å². The molecular formula is C23H28ClN3O2. The summed E-state index contributed by atoms with van der Waals surface area (Å²) in [6.45, 7) is 3.90. The van der Waals surface area contributed by atoms with E-state index in [1.807, 2.05) is 60.4 Å². The number of nitrogens with zero attached hydrogens (tertiary/aromatic N) is 1. The maximum atomic E-state index is 12.6. The van der Waals surface area contributed by atoms with Crippen LogP contribution in [-0.4, -0.2) is 29.9 Å². The van der Waals surface area contributed by atoms with Crippen LogP contribution in [0.4, 0.5) is 10.5 Å². The van der Waals surface area contributed by atoms with Crippen LogP contribution in [0.2, 0.25) is 5.02 Å². The number of piperidine rings is 1. The predicted molar refractivity (Wildman–Crippen MR) is 117 cm³/mol. The summed E-state index contributed by atoms with van der Waals surface area (Å²) in [4.78, 5) is 26.6. The third-order valence-electron chi connectivity index (χ3n) is 5.32. The molecule has 1 aliphatic heterocycles. The van der Waals surface area contributed by atoms with Gasteiger partial charge in [-0.05, 0) is 55.9 Å². The van der Waals surface area contributed by atoms with E-state index in [2.05, 4.69) is 10.6 Å². The summed E-state index contributed by atoms with van der Waals surface area (Å²) in [5.41, 5.74) is 2.88. The Hall–Kier alpha value is -2.53. The SMILES string of the molecule is Cc1ccc(NC(=O)N2CCC[C@H](CCC(=O)NCc3ccccc3Cl)C2)cc1. The van der Waals surface area contributed by atoms with Gasteiger partial charge in [0.05, 0.1) is 0 Å². The Balaban J connectivity index is 1.42. The molecule has 154 valence electrons. The number of hydrogen-bond acceptors (Lipinski definition) is 2. The fourth-order valence-corrected chi connectivity index (χ4v) is 3.79. The highest BCUT2D eigenvalue weighted by Crippen LogP contribution is 2.22. The molecule has 29 heavy (non-hydrogen) atoms. The van der Waals surface area contributed by atoms with Crippen LogP contribution in [0, 0.1) is 12.8 Å². The molecule has 2 N–H and O–H groups in total. The molecule has 3 amide bonds. The van der Waals surface area contributed by atoms with Gasteiger partial charge in [-0.3, -0.25) is 4.79 Å². The fraction of sp³-hybridized carbons (Fsp3) is 0.391.